The maximum Gasteiger partial charge on any atom is 0.253 e. The quantitative estimate of drug-likeness (QED) is 0.531. The van der Waals surface area contributed by atoms with Crippen LogP contribution in [0.25, 0.3) is 0 Å². The van der Waals surface area contributed by atoms with E-state index in [1.54, 1.807) is 6.07 Å². The Morgan fingerprint density at radius 1 is 1.30 bits per heavy atom. The summed E-state index contributed by atoms with van der Waals surface area (Å²) in [6.45, 7) is 6.30. The van der Waals surface area contributed by atoms with E-state index in [1.165, 1.54) is 12.1 Å². The fourth-order valence-corrected chi connectivity index (χ4v) is 2.07. The van der Waals surface area contributed by atoms with Crippen molar-refractivity contribution in [3.8, 4) is 0 Å². The Morgan fingerprint density at radius 3 is 2.60 bits per heavy atom. The topological polar surface area (TPSA) is 67.2 Å². The third kappa shape index (κ3) is 4.81. The van der Waals surface area contributed by atoms with E-state index in [1.807, 2.05) is 6.92 Å². The Labute approximate surface area is 119 Å². The van der Waals surface area contributed by atoms with Gasteiger partial charge in [-0.25, -0.2) is 4.39 Å². The number of carbonyl (C=O) groups is 1. The number of rotatable bonds is 7. The van der Waals surface area contributed by atoms with Crippen molar-refractivity contribution in [2.75, 3.05) is 5.43 Å². The molecule has 0 aromatic heterocycles. The van der Waals surface area contributed by atoms with Crippen LogP contribution in [-0.2, 0) is 0 Å². The Morgan fingerprint density at radius 2 is 2.00 bits per heavy atom. The highest BCUT2D eigenvalue weighted by molar-refractivity contribution is 5.99. The summed E-state index contributed by atoms with van der Waals surface area (Å²) in [5, 5.41) is 2.87. The van der Waals surface area contributed by atoms with Crippen molar-refractivity contribution < 1.29 is 9.18 Å². The molecule has 1 amide bonds. The highest BCUT2D eigenvalue weighted by Gasteiger charge is 2.16. The van der Waals surface area contributed by atoms with E-state index in [0.717, 1.165) is 19.3 Å². The summed E-state index contributed by atoms with van der Waals surface area (Å²) >= 11 is 0. The van der Waals surface area contributed by atoms with Gasteiger partial charge in [-0.1, -0.05) is 32.8 Å². The molecule has 0 bridgehead atoms. The second-order valence-electron chi connectivity index (χ2n) is 5.51. The van der Waals surface area contributed by atoms with Gasteiger partial charge in [-0.2, -0.15) is 0 Å². The minimum Gasteiger partial charge on any atom is -0.350 e. The van der Waals surface area contributed by atoms with E-state index < -0.39 is 5.82 Å². The van der Waals surface area contributed by atoms with Crippen molar-refractivity contribution in [3.05, 3.63) is 29.6 Å². The molecule has 4 N–H and O–H groups in total. The number of nitrogen functional groups attached to an aromatic ring is 1. The van der Waals surface area contributed by atoms with Gasteiger partial charge in [-0.3, -0.25) is 10.6 Å². The number of hydrogen-bond donors (Lipinski definition) is 3. The SMILES string of the molecule is CC(C)CCCC(C)NC(=O)c1cccc(F)c1NN. The molecule has 0 aliphatic carbocycles. The van der Waals surface area contributed by atoms with Crippen LogP contribution < -0.4 is 16.6 Å². The van der Waals surface area contributed by atoms with Gasteiger partial charge in [0.15, 0.2) is 0 Å². The predicted octanol–water partition coefficient (Wildman–Crippen LogP) is 3.06. The Kier molecular flexibility index (Phi) is 6.45. The van der Waals surface area contributed by atoms with Crippen LogP contribution in [-0.4, -0.2) is 11.9 Å². The molecule has 0 saturated carbocycles. The van der Waals surface area contributed by atoms with E-state index in [0.29, 0.717) is 5.92 Å². The summed E-state index contributed by atoms with van der Waals surface area (Å²) in [5.41, 5.74) is 2.49. The molecule has 0 radical (unpaired) electrons. The van der Waals surface area contributed by atoms with Crippen LogP contribution in [0.1, 0.15) is 50.4 Å². The molecular formula is C15H24FN3O. The number of hydrogen-bond acceptors (Lipinski definition) is 3. The number of nitrogens with one attached hydrogen (secondary N) is 2. The molecule has 1 aromatic rings. The lowest BCUT2D eigenvalue weighted by molar-refractivity contribution is 0.0938. The van der Waals surface area contributed by atoms with Crippen molar-refractivity contribution in [3.63, 3.8) is 0 Å². The van der Waals surface area contributed by atoms with Crippen LogP contribution in [0.4, 0.5) is 10.1 Å². The molecule has 20 heavy (non-hydrogen) atoms. The lowest BCUT2D eigenvalue weighted by Gasteiger charge is -2.16. The molecule has 4 nitrogen and oxygen atoms in total. The molecule has 1 unspecified atom stereocenters. The maximum atomic E-state index is 13.5. The minimum atomic E-state index is -0.535. The number of anilines is 1. The molecule has 1 aromatic carbocycles. The number of carbonyl (C=O) groups excluding carboxylic acids is 1. The van der Waals surface area contributed by atoms with Crippen LogP contribution in [0.15, 0.2) is 18.2 Å². The van der Waals surface area contributed by atoms with Gasteiger partial charge in [-0.05, 0) is 31.4 Å². The van der Waals surface area contributed by atoms with Gasteiger partial charge in [-0.15, -0.1) is 0 Å². The van der Waals surface area contributed by atoms with Crippen LogP contribution in [0.5, 0.6) is 0 Å². The highest BCUT2D eigenvalue weighted by atomic mass is 19.1. The average molecular weight is 281 g/mol. The van der Waals surface area contributed by atoms with E-state index in [-0.39, 0.29) is 23.2 Å². The molecule has 0 aliphatic heterocycles. The monoisotopic (exact) mass is 281 g/mol. The zero-order chi connectivity index (χ0) is 15.1. The van der Waals surface area contributed by atoms with Gasteiger partial charge in [0.05, 0.1) is 11.3 Å². The summed E-state index contributed by atoms with van der Waals surface area (Å²) < 4.78 is 13.5. The predicted molar refractivity (Wildman–Crippen MR) is 79.8 cm³/mol. The van der Waals surface area contributed by atoms with Crippen molar-refractivity contribution in [1.82, 2.24) is 5.32 Å². The first-order valence-electron chi connectivity index (χ1n) is 7.01. The molecule has 0 fully saturated rings. The second-order valence-corrected chi connectivity index (χ2v) is 5.51. The van der Waals surface area contributed by atoms with Crippen molar-refractivity contribution in [2.45, 2.75) is 46.1 Å². The molecule has 112 valence electrons. The normalized spacial score (nSPS) is 12.3. The van der Waals surface area contributed by atoms with Crippen LogP contribution >= 0.6 is 0 Å². The van der Waals surface area contributed by atoms with E-state index in [2.05, 4.69) is 24.6 Å². The number of amides is 1. The average Bonchev–Trinajstić information content (AvgIpc) is 2.37. The molecule has 0 heterocycles. The third-order valence-electron chi connectivity index (χ3n) is 3.20. The summed E-state index contributed by atoms with van der Waals surface area (Å²) in [6, 6.07) is 4.36. The Hall–Kier alpha value is -1.62. The van der Waals surface area contributed by atoms with Gasteiger partial charge in [0, 0.05) is 6.04 Å². The van der Waals surface area contributed by atoms with Crippen LogP contribution in [0, 0.1) is 11.7 Å². The van der Waals surface area contributed by atoms with Crippen LogP contribution in [0.3, 0.4) is 0 Å². The van der Waals surface area contributed by atoms with Gasteiger partial charge in [0.2, 0.25) is 0 Å². The maximum absolute atomic E-state index is 13.5. The van der Waals surface area contributed by atoms with Gasteiger partial charge in [0.25, 0.3) is 5.91 Å². The highest BCUT2D eigenvalue weighted by Crippen LogP contribution is 2.19. The summed E-state index contributed by atoms with van der Waals surface area (Å²) in [5.74, 6) is 5.08. The standard InChI is InChI=1S/C15H24FN3O/c1-10(2)6-4-7-11(3)18-15(20)12-8-5-9-13(16)14(12)19-17/h5,8-11,19H,4,6-7,17H2,1-3H3,(H,18,20). The second kappa shape index (κ2) is 7.85. The first kappa shape index (κ1) is 16.4. The molecule has 0 spiro atoms. The minimum absolute atomic E-state index is 0.0272. The molecule has 5 heteroatoms. The van der Waals surface area contributed by atoms with Crippen molar-refractivity contribution in [2.24, 2.45) is 11.8 Å². The smallest absolute Gasteiger partial charge is 0.253 e. The fraction of sp³-hybridized carbons (Fsp3) is 0.533. The molecule has 1 rings (SSSR count). The number of halogens is 1. The van der Waals surface area contributed by atoms with Gasteiger partial charge in [0.1, 0.15) is 5.82 Å². The zero-order valence-corrected chi connectivity index (χ0v) is 12.4. The van der Waals surface area contributed by atoms with Gasteiger partial charge >= 0.3 is 0 Å². The first-order valence-corrected chi connectivity index (χ1v) is 7.01. The molecule has 1 atom stereocenters. The summed E-state index contributed by atoms with van der Waals surface area (Å²) in [6.07, 6.45) is 3.10. The number of hydrazine groups is 1. The lowest BCUT2D eigenvalue weighted by atomic mass is 10.0. The molecule has 0 aliphatic rings. The lowest BCUT2D eigenvalue weighted by Crippen LogP contribution is -2.33. The van der Waals surface area contributed by atoms with Crippen LogP contribution in [0.2, 0.25) is 0 Å². The fourth-order valence-electron chi connectivity index (χ4n) is 2.07. The Bertz CT molecular complexity index is 449. The Balaban J connectivity index is 2.60. The number of benzene rings is 1. The van der Waals surface area contributed by atoms with E-state index in [4.69, 9.17) is 5.84 Å². The largest absolute Gasteiger partial charge is 0.350 e. The summed E-state index contributed by atoms with van der Waals surface area (Å²) in [4.78, 5) is 12.1. The zero-order valence-electron chi connectivity index (χ0n) is 12.4. The van der Waals surface area contributed by atoms with E-state index >= 15 is 0 Å². The van der Waals surface area contributed by atoms with Gasteiger partial charge < -0.3 is 10.7 Å². The number of nitrogens with two attached hydrogens (primary N) is 1. The third-order valence-corrected chi connectivity index (χ3v) is 3.20. The first-order chi connectivity index (χ1) is 9.45. The molecular weight excluding hydrogens is 257 g/mol. The number of para-hydroxylation sites is 1. The van der Waals surface area contributed by atoms with E-state index in [9.17, 15) is 9.18 Å². The molecule has 0 saturated heterocycles. The van der Waals surface area contributed by atoms with Crippen molar-refractivity contribution in [1.29, 1.82) is 0 Å². The summed E-state index contributed by atoms with van der Waals surface area (Å²) in [7, 11) is 0. The van der Waals surface area contributed by atoms with Crippen molar-refractivity contribution >= 4 is 11.6 Å².